The zero-order valence-corrected chi connectivity index (χ0v) is 12.4. The molecule has 0 amide bonds. The zero-order valence-electron chi connectivity index (χ0n) is 10.8. The van der Waals surface area contributed by atoms with E-state index in [0.29, 0.717) is 11.9 Å². The van der Waals surface area contributed by atoms with Crippen LogP contribution in [0.25, 0.3) is 0 Å². The SMILES string of the molecule is COCCN(CCc1nc(CCl)cs1)C(C)C. The highest BCUT2D eigenvalue weighted by atomic mass is 35.5. The number of hydrogen-bond donors (Lipinski definition) is 0. The van der Waals surface area contributed by atoms with Gasteiger partial charge in [-0.3, -0.25) is 4.90 Å². The molecule has 3 nitrogen and oxygen atoms in total. The third-order valence-electron chi connectivity index (χ3n) is 2.66. The minimum atomic E-state index is 0.508. The lowest BCUT2D eigenvalue weighted by Gasteiger charge is -2.25. The molecule has 1 rings (SSSR count). The molecule has 5 heteroatoms. The van der Waals surface area contributed by atoms with Crippen LogP contribution in [-0.2, 0) is 17.0 Å². The monoisotopic (exact) mass is 276 g/mol. The van der Waals surface area contributed by atoms with Gasteiger partial charge in [-0.25, -0.2) is 4.98 Å². The van der Waals surface area contributed by atoms with Crippen molar-refractivity contribution in [1.29, 1.82) is 0 Å². The van der Waals surface area contributed by atoms with Crippen LogP contribution in [0.1, 0.15) is 24.5 Å². The predicted molar refractivity (Wildman–Crippen MR) is 74.0 cm³/mol. The molecular weight excluding hydrogens is 256 g/mol. The lowest BCUT2D eigenvalue weighted by molar-refractivity contribution is 0.130. The number of halogens is 1. The van der Waals surface area contributed by atoms with Gasteiger partial charge in [-0.05, 0) is 13.8 Å². The molecule has 0 saturated carbocycles. The molecule has 0 N–H and O–H groups in total. The Labute approximate surface area is 113 Å². The third-order valence-corrected chi connectivity index (χ3v) is 3.89. The van der Waals surface area contributed by atoms with Crippen molar-refractivity contribution in [1.82, 2.24) is 9.88 Å². The number of hydrogen-bond acceptors (Lipinski definition) is 4. The smallest absolute Gasteiger partial charge is 0.0941 e. The molecular formula is C12H21ClN2OS. The first-order chi connectivity index (χ1) is 8.17. The first-order valence-corrected chi connectivity index (χ1v) is 7.31. The molecule has 0 saturated heterocycles. The molecule has 1 aromatic heterocycles. The van der Waals surface area contributed by atoms with E-state index >= 15 is 0 Å². The van der Waals surface area contributed by atoms with Crippen LogP contribution in [0.3, 0.4) is 0 Å². The van der Waals surface area contributed by atoms with E-state index in [0.717, 1.165) is 31.8 Å². The number of nitrogens with zero attached hydrogens (tertiary/aromatic N) is 2. The van der Waals surface area contributed by atoms with Gasteiger partial charge in [0.15, 0.2) is 0 Å². The molecule has 1 aromatic rings. The second-order valence-electron chi connectivity index (χ2n) is 4.24. The standard InChI is InChI=1S/C12H21ClN2OS/c1-10(2)15(6-7-16-3)5-4-12-14-11(8-13)9-17-12/h9-10H,4-8H2,1-3H3. The first kappa shape index (κ1) is 14.9. The lowest BCUT2D eigenvalue weighted by Crippen LogP contribution is -2.35. The van der Waals surface area contributed by atoms with Gasteiger partial charge in [-0.2, -0.15) is 0 Å². The van der Waals surface area contributed by atoms with Crippen LogP contribution >= 0.6 is 22.9 Å². The van der Waals surface area contributed by atoms with Crippen LogP contribution in [0.2, 0.25) is 0 Å². The van der Waals surface area contributed by atoms with E-state index < -0.39 is 0 Å². The summed E-state index contributed by atoms with van der Waals surface area (Å²) < 4.78 is 5.12. The van der Waals surface area contributed by atoms with Gasteiger partial charge >= 0.3 is 0 Å². The molecule has 0 aliphatic heterocycles. The number of aromatic nitrogens is 1. The fraction of sp³-hybridized carbons (Fsp3) is 0.750. The van der Waals surface area contributed by atoms with Crippen molar-refractivity contribution in [3.63, 3.8) is 0 Å². The highest BCUT2D eigenvalue weighted by Gasteiger charge is 2.10. The number of thiazole rings is 1. The first-order valence-electron chi connectivity index (χ1n) is 5.89. The molecule has 0 radical (unpaired) electrons. The van der Waals surface area contributed by atoms with Gasteiger partial charge in [0.2, 0.25) is 0 Å². The second kappa shape index (κ2) is 8.03. The normalized spacial score (nSPS) is 11.6. The van der Waals surface area contributed by atoms with Crippen LogP contribution < -0.4 is 0 Å². The number of methoxy groups -OCH3 is 1. The maximum atomic E-state index is 5.74. The summed E-state index contributed by atoms with van der Waals surface area (Å²) in [7, 11) is 1.74. The van der Waals surface area contributed by atoms with E-state index in [1.807, 2.05) is 5.38 Å². The minimum Gasteiger partial charge on any atom is -0.383 e. The summed E-state index contributed by atoms with van der Waals surface area (Å²) in [4.78, 5) is 6.88. The molecule has 0 spiro atoms. The van der Waals surface area contributed by atoms with E-state index in [-0.39, 0.29) is 0 Å². The van der Waals surface area contributed by atoms with E-state index in [1.165, 1.54) is 5.01 Å². The van der Waals surface area contributed by atoms with Crippen molar-refractivity contribution in [2.75, 3.05) is 26.8 Å². The van der Waals surface area contributed by atoms with Crippen molar-refractivity contribution < 1.29 is 4.74 Å². The Morgan fingerprint density at radius 2 is 2.24 bits per heavy atom. The summed E-state index contributed by atoms with van der Waals surface area (Å²) in [6.07, 6.45) is 0.990. The molecule has 98 valence electrons. The molecule has 0 atom stereocenters. The van der Waals surface area contributed by atoms with Crippen LogP contribution in [0.15, 0.2) is 5.38 Å². The largest absolute Gasteiger partial charge is 0.383 e. The number of rotatable bonds is 8. The average molecular weight is 277 g/mol. The van der Waals surface area contributed by atoms with Crippen molar-refractivity contribution in [3.05, 3.63) is 16.1 Å². The molecule has 0 bridgehead atoms. The summed E-state index contributed by atoms with van der Waals surface area (Å²) in [5.41, 5.74) is 0.986. The highest BCUT2D eigenvalue weighted by molar-refractivity contribution is 7.09. The van der Waals surface area contributed by atoms with Crippen molar-refractivity contribution in [3.8, 4) is 0 Å². The van der Waals surface area contributed by atoms with Crippen molar-refractivity contribution in [2.45, 2.75) is 32.2 Å². The topological polar surface area (TPSA) is 25.4 Å². The summed E-state index contributed by atoms with van der Waals surface area (Å²) in [6, 6.07) is 0.539. The van der Waals surface area contributed by atoms with Crippen LogP contribution in [0.4, 0.5) is 0 Å². The Kier molecular flexibility index (Phi) is 7.04. The van der Waals surface area contributed by atoms with Crippen LogP contribution in [-0.4, -0.2) is 42.7 Å². The fourth-order valence-corrected chi connectivity index (χ4v) is 2.62. The second-order valence-corrected chi connectivity index (χ2v) is 5.45. The van der Waals surface area contributed by atoms with Crippen molar-refractivity contribution >= 4 is 22.9 Å². The minimum absolute atomic E-state index is 0.508. The Bertz CT molecular complexity index is 317. The quantitative estimate of drug-likeness (QED) is 0.683. The maximum Gasteiger partial charge on any atom is 0.0941 e. The highest BCUT2D eigenvalue weighted by Crippen LogP contribution is 2.13. The fourth-order valence-electron chi connectivity index (χ4n) is 1.60. The van der Waals surface area contributed by atoms with E-state index in [1.54, 1.807) is 18.4 Å². The van der Waals surface area contributed by atoms with E-state index in [4.69, 9.17) is 16.3 Å². The molecule has 1 heterocycles. The maximum absolute atomic E-state index is 5.74. The van der Waals surface area contributed by atoms with Gasteiger partial charge in [0.1, 0.15) is 0 Å². The van der Waals surface area contributed by atoms with Crippen LogP contribution in [0.5, 0.6) is 0 Å². The van der Waals surface area contributed by atoms with Gasteiger partial charge in [-0.15, -0.1) is 22.9 Å². The average Bonchev–Trinajstić information content (AvgIpc) is 2.76. The summed E-state index contributed by atoms with van der Waals surface area (Å²) in [5, 5.41) is 3.21. The summed E-state index contributed by atoms with van der Waals surface area (Å²) >= 11 is 7.44. The zero-order chi connectivity index (χ0) is 12.7. The number of alkyl halides is 1. The van der Waals surface area contributed by atoms with Gasteiger partial charge in [0.05, 0.1) is 23.2 Å². The van der Waals surface area contributed by atoms with Crippen LogP contribution in [0, 0.1) is 0 Å². The molecule has 0 aliphatic rings. The Balaban J connectivity index is 2.40. The Morgan fingerprint density at radius 1 is 1.47 bits per heavy atom. The lowest BCUT2D eigenvalue weighted by atomic mass is 10.3. The predicted octanol–water partition coefficient (Wildman–Crippen LogP) is 2.78. The van der Waals surface area contributed by atoms with Gasteiger partial charge < -0.3 is 4.74 Å². The third kappa shape index (κ3) is 5.34. The molecule has 0 aliphatic carbocycles. The van der Waals surface area contributed by atoms with E-state index in [9.17, 15) is 0 Å². The van der Waals surface area contributed by atoms with Gasteiger partial charge in [0, 0.05) is 38.0 Å². The Morgan fingerprint density at radius 3 is 2.76 bits per heavy atom. The molecule has 17 heavy (non-hydrogen) atoms. The Hall–Kier alpha value is -0.160. The summed E-state index contributed by atoms with van der Waals surface area (Å²) in [6.45, 7) is 7.20. The summed E-state index contributed by atoms with van der Waals surface area (Å²) in [5.74, 6) is 0.508. The molecule has 0 unspecified atom stereocenters. The van der Waals surface area contributed by atoms with Gasteiger partial charge in [0.25, 0.3) is 0 Å². The van der Waals surface area contributed by atoms with E-state index in [2.05, 4.69) is 23.7 Å². The van der Waals surface area contributed by atoms with Gasteiger partial charge in [-0.1, -0.05) is 0 Å². The van der Waals surface area contributed by atoms with Crippen molar-refractivity contribution in [2.24, 2.45) is 0 Å². The molecule has 0 fully saturated rings. The number of ether oxygens (including phenoxy) is 1. The molecule has 0 aromatic carbocycles.